The van der Waals surface area contributed by atoms with Crippen LogP contribution in [0.25, 0.3) is 0 Å². The SMILES string of the molecule is C=CCn1nnnc1SCC(=O)N1CCCCC1C. The Kier molecular flexibility index (Phi) is 4.95. The summed E-state index contributed by atoms with van der Waals surface area (Å²) in [7, 11) is 0. The second-order valence-corrected chi connectivity index (χ2v) is 5.60. The Bertz CT molecular complexity index is 447. The minimum atomic E-state index is 0.172. The van der Waals surface area contributed by atoms with Gasteiger partial charge in [-0.2, -0.15) is 0 Å². The molecule has 0 radical (unpaired) electrons. The van der Waals surface area contributed by atoms with Gasteiger partial charge < -0.3 is 4.90 Å². The predicted molar refractivity (Wildman–Crippen MR) is 73.8 cm³/mol. The van der Waals surface area contributed by atoms with Gasteiger partial charge in [0, 0.05) is 12.6 Å². The maximum Gasteiger partial charge on any atom is 0.233 e. The predicted octanol–water partition coefficient (Wildman–Crippen LogP) is 1.35. The van der Waals surface area contributed by atoms with E-state index in [4.69, 9.17) is 0 Å². The molecule has 0 spiro atoms. The van der Waals surface area contributed by atoms with Gasteiger partial charge in [0.1, 0.15) is 0 Å². The summed E-state index contributed by atoms with van der Waals surface area (Å²) in [5, 5.41) is 12.0. The molecule has 1 aromatic rings. The first kappa shape index (κ1) is 14.0. The zero-order valence-corrected chi connectivity index (χ0v) is 12.0. The number of rotatable bonds is 5. The summed E-state index contributed by atoms with van der Waals surface area (Å²) in [6.07, 6.45) is 5.16. The van der Waals surface area contributed by atoms with E-state index in [1.54, 1.807) is 10.8 Å². The van der Waals surface area contributed by atoms with Crippen molar-refractivity contribution >= 4 is 17.7 Å². The summed E-state index contributed by atoms with van der Waals surface area (Å²) in [5.74, 6) is 0.562. The van der Waals surface area contributed by atoms with Crippen LogP contribution in [-0.4, -0.2) is 49.4 Å². The fraction of sp³-hybridized carbons (Fsp3) is 0.667. The quantitative estimate of drug-likeness (QED) is 0.602. The van der Waals surface area contributed by atoms with Gasteiger partial charge in [0.25, 0.3) is 0 Å². The van der Waals surface area contributed by atoms with Crippen molar-refractivity contribution in [2.45, 2.75) is 43.9 Å². The first-order valence-electron chi connectivity index (χ1n) is 6.51. The molecule has 2 heterocycles. The van der Waals surface area contributed by atoms with Crippen LogP contribution in [0.3, 0.4) is 0 Å². The second kappa shape index (κ2) is 6.70. The number of tetrazole rings is 1. The Morgan fingerprint density at radius 2 is 2.42 bits per heavy atom. The van der Waals surface area contributed by atoms with Gasteiger partial charge in [0.2, 0.25) is 11.1 Å². The zero-order chi connectivity index (χ0) is 13.7. The highest BCUT2D eigenvalue weighted by Gasteiger charge is 2.23. The highest BCUT2D eigenvalue weighted by atomic mass is 32.2. The molecule has 1 aromatic heterocycles. The van der Waals surface area contributed by atoms with Crippen LogP contribution in [0.15, 0.2) is 17.8 Å². The number of carbonyl (C=O) groups is 1. The third-order valence-corrected chi connectivity index (χ3v) is 4.19. The van der Waals surface area contributed by atoms with Gasteiger partial charge in [-0.1, -0.05) is 17.8 Å². The third-order valence-electron chi connectivity index (χ3n) is 3.25. The van der Waals surface area contributed by atoms with Crippen molar-refractivity contribution in [1.82, 2.24) is 25.1 Å². The number of allylic oxidation sites excluding steroid dienone is 1. The summed E-state index contributed by atoms with van der Waals surface area (Å²) >= 11 is 1.39. The van der Waals surface area contributed by atoms with E-state index in [-0.39, 0.29) is 5.91 Å². The van der Waals surface area contributed by atoms with E-state index < -0.39 is 0 Å². The largest absolute Gasteiger partial charge is 0.339 e. The lowest BCUT2D eigenvalue weighted by Crippen LogP contribution is -2.43. The first-order valence-corrected chi connectivity index (χ1v) is 7.50. The molecule has 104 valence electrons. The van der Waals surface area contributed by atoms with Gasteiger partial charge in [-0.05, 0) is 36.6 Å². The smallest absolute Gasteiger partial charge is 0.233 e. The molecule has 1 amide bonds. The van der Waals surface area contributed by atoms with E-state index in [1.165, 1.54) is 18.2 Å². The van der Waals surface area contributed by atoms with E-state index in [0.29, 0.717) is 23.5 Å². The maximum atomic E-state index is 12.2. The third kappa shape index (κ3) is 3.56. The van der Waals surface area contributed by atoms with E-state index >= 15 is 0 Å². The molecular formula is C12H19N5OS. The number of amides is 1. The molecule has 1 aliphatic heterocycles. The number of likely N-dealkylation sites (tertiary alicyclic amines) is 1. The standard InChI is InChI=1S/C12H19N5OS/c1-3-7-17-12(13-14-15-17)19-9-11(18)16-8-5-4-6-10(16)2/h3,10H,1,4-9H2,2H3. The summed E-state index contributed by atoms with van der Waals surface area (Å²) in [5.41, 5.74) is 0. The Morgan fingerprint density at radius 1 is 1.58 bits per heavy atom. The molecule has 0 N–H and O–H groups in total. The Balaban J connectivity index is 1.88. The molecule has 0 bridgehead atoms. The molecule has 0 aromatic carbocycles. The summed E-state index contributed by atoms with van der Waals surface area (Å²) < 4.78 is 1.64. The monoisotopic (exact) mass is 281 g/mol. The van der Waals surface area contributed by atoms with Crippen LogP contribution in [0.4, 0.5) is 0 Å². The first-order chi connectivity index (χ1) is 9.22. The zero-order valence-electron chi connectivity index (χ0n) is 11.2. The van der Waals surface area contributed by atoms with Crippen molar-refractivity contribution < 1.29 is 4.79 Å². The van der Waals surface area contributed by atoms with Crippen LogP contribution in [-0.2, 0) is 11.3 Å². The lowest BCUT2D eigenvalue weighted by atomic mass is 10.0. The van der Waals surface area contributed by atoms with Crippen molar-refractivity contribution in [3.05, 3.63) is 12.7 Å². The minimum Gasteiger partial charge on any atom is -0.339 e. The molecule has 1 saturated heterocycles. The minimum absolute atomic E-state index is 0.172. The van der Waals surface area contributed by atoms with Gasteiger partial charge in [-0.25, -0.2) is 4.68 Å². The van der Waals surface area contributed by atoms with Gasteiger partial charge in [0.15, 0.2) is 0 Å². The van der Waals surface area contributed by atoms with Crippen molar-refractivity contribution in [3.63, 3.8) is 0 Å². The lowest BCUT2D eigenvalue weighted by Gasteiger charge is -2.33. The summed E-state index contributed by atoms with van der Waals surface area (Å²) in [4.78, 5) is 14.2. The number of aromatic nitrogens is 4. The number of hydrogen-bond donors (Lipinski definition) is 0. The summed E-state index contributed by atoms with van der Waals surface area (Å²) in [6.45, 7) is 7.20. The number of thioether (sulfide) groups is 1. The molecule has 1 unspecified atom stereocenters. The molecule has 0 saturated carbocycles. The molecule has 1 atom stereocenters. The highest BCUT2D eigenvalue weighted by molar-refractivity contribution is 7.99. The van der Waals surface area contributed by atoms with Gasteiger partial charge >= 0.3 is 0 Å². The van der Waals surface area contributed by atoms with Gasteiger partial charge in [0.05, 0.1) is 12.3 Å². The van der Waals surface area contributed by atoms with E-state index in [1.807, 2.05) is 4.90 Å². The molecule has 2 rings (SSSR count). The van der Waals surface area contributed by atoms with Crippen LogP contribution in [0.2, 0.25) is 0 Å². The number of carbonyl (C=O) groups excluding carboxylic acids is 1. The fourth-order valence-corrected chi connectivity index (χ4v) is 2.99. The fourth-order valence-electron chi connectivity index (χ4n) is 2.21. The van der Waals surface area contributed by atoms with Gasteiger partial charge in [-0.3, -0.25) is 4.79 Å². The molecular weight excluding hydrogens is 262 g/mol. The molecule has 6 nitrogen and oxygen atoms in total. The van der Waals surface area contributed by atoms with Crippen LogP contribution in [0.1, 0.15) is 26.2 Å². The van der Waals surface area contributed by atoms with Gasteiger partial charge in [-0.15, -0.1) is 11.7 Å². The highest BCUT2D eigenvalue weighted by Crippen LogP contribution is 2.20. The summed E-state index contributed by atoms with van der Waals surface area (Å²) in [6, 6.07) is 0.353. The normalized spacial score (nSPS) is 19.4. The lowest BCUT2D eigenvalue weighted by molar-refractivity contribution is -0.131. The van der Waals surface area contributed by atoms with Crippen molar-refractivity contribution in [2.24, 2.45) is 0 Å². The molecule has 0 aliphatic carbocycles. The Labute approximate surface area is 117 Å². The van der Waals surface area contributed by atoms with Crippen molar-refractivity contribution in [1.29, 1.82) is 0 Å². The maximum absolute atomic E-state index is 12.2. The van der Waals surface area contributed by atoms with E-state index in [2.05, 4.69) is 29.0 Å². The molecule has 1 fully saturated rings. The second-order valence-electron chi connectivity index (χ2n) is 4.65. The van der Waals surface area contributed by atoms with E-state index in [9.17, 15) is 4.79 Å². The Morgan fingerprint density at radius 3 is 3.16 bits per heavy atom. The van der Waals surface area contributed by atoms with Crippen LogP contribution >= 0.6 is 11.8 Å². The Hall–Kier alpha value is -1.37. The topological polar surface area (TPSA) is 63.9 Å². The van der Waals surface area contributed by atoms with E-state index in [0.717, 1.165) is 19.4 Å². The molecule has 19 heavy (non-hydrogen) atoms. The van der Waals surface area contributed by atoms with Crippen LogP contribution in [0, 0.1) is 0 Å². The van der Waals surface area contributed by atoms with Crippen LogP contribution < -0.4 is 0 Å². The number of nitrogens with zero attached hydrogens (tertiary/aromatic N) is 5. The molecule has 7 heteroatoms. The average Bonchev–Trinajstić information content (AvgIpc) is 2.84. The van der Waals surface area contributed by atoms with Crippen molar-refractivity contribution in [2.75, 3.05) is 12.3 Å². The number of piperidine rings is 1. The van der Waals surface area contributed by atoms with Crippen molar-refractivity contribution in [3.8, 4) is 0 Å². The average molecular weight is 281 g/mol. The number of hydrogen-bond acceptors (Lipinski definition) is 5. The van der Waals surface area contributed by atoms with Crippen LogP contribution in [0.5, 0.6) is 0 Å². The molecule has 1 aliphatic rings.